The molecule has 2 aromatic heterocycles. The maximum absolute atomic E-state index is 6.00. The lowest BCUT2D eigenvalue weighted by Crippen LogP contribution is -2.38. The van der Waals surface area contributed by atoms with Gasteiger partial charge in [0.1, 0.15) is 13.2 Å². The predicted molar refractivity (Wildman–Crippen MR) is 156 cm³/mol. The highest BCUT2D eigenvalue weighted by atomic mass is 35.5. The van der Waals surface area contributed by atoms with Crippen LogP contribution in [-0.2, 0) is 36.0 Å². The Morgan fingerprint density at radius 1 is 0.564 bits per heavy atom. The van der Waals surface area contributed by atoms with Crippen molar-refractivity contribution < 1.29 is 18.8 Å². The van der Waals surface area contributed by atoms with Crippen molar-refractivity contribution in [3.8, 4) is 0 Å². The molecule has 0 amide bonds. The third-order valence-corrected chi connectivity index (χ3v) is 6.40. The fraction of sp³-hybridized carbons (Fsp3) is 0.172. The number of pyridine rings is 2. The van der Waals surface area contributed by atoms with Crippen molar-refractivity contribution in [1.82, 2.24) is 0 Å². The minimum Gasteiger partial charge on any atom is -0.391 e. The van der Waals surface area contributed by atoms with E-state index in [9.17, 15) is 0 Å². The molecule has 4 aromatic rings. The van der Waals surface area contributed by atoms with Crippen molar-refractivity contribution in [1.29, 1.82) is 0 Å². The smallest absolute Gasteiger partial charge is 0.169 e. The van der Waals surface area contributed by atoms with Crippen LogP contribution in [-0.4, -0.2) is 12.4 Å². The van der Waals surface area contributed by atoms with E-state index in [1.54, 1.807) is 48.8 Å². The number of nitrogens with zero attached hydrogens (tertiary/aromatic N) is 4. The number of aromatic nitrogens is 2. The third-order valence-electron chi connectivity index (χ3n) is 5.53. The van der Waals surface area contributed by atoms with Gasteiger partial charge in [-0.25, -0.2) is 9.13 Å². The molecule has 0 radical (unpaired) electrons. The van der Waals surface area contributed by atoms with Gasteiger partial charge in [-0.2, -0.15) is 0 Å². The molecule has 0 N–H and O–H groups in total. The second kappa shape index (κ2) is 14.8. The van der Waals surface area contributed by atoms with E-state index < -0.39 is 0 Å². The third kappa shape index (κ3) is 10.2. The quantitative estimate of drug-likeness (QED) is 0.0988. The van der Waals surface area contributed by atoms with Crippen molar-refractivity contribution >= 4 is 58.8 Å². The molecule has 0 spiro atoms. The van der Waals surface area contributed by atoms with Crippen molar-refractivity contribution in [2.45, 2.75) is 32.7 Å². The highest BCUT2D eigenvalue weighted by Crippen LogP contribution is 2.20. The van der Waals surface area contributed by atoms with Gasteiger partial charge in [0.25, 0.3) is 0 Å². The molecule has 0 atom stereocenters. The van der Waals surface area contributed by atoms with Gasteiger partial charge in [0.15, 0.2) is 37.9 Å². The van der Waals surface area contributed by atoms with Gasteiger partial charge in [0.2, 0.25) is 0 Å². The van der Waals surface area contributed by atoms with Gasteiger partial charge in [0.05, 0.1) is 18.9 Å². The van der Waals surface area contributed by atoms with E-state index in [0.29, 0.717) is 33.3 Å². The summed E-state index contributed by atoms with van der Waals surface area (Å²) in [6, 6.07) is 18.5. The highest BCUT2D eigenvalue weighted by molar-refractivity contribution is 6.35. The first-order valence-corrected chi connectivity index (χ1v) is 13.6. The summed E-state index contributed by atoms with van der Waals surface area (Å²) < 4.78 is 4.27. The van der Waals surface area contributed by atoms with Crippen LogP contribution in [0.15, 0.2) is 95.8 Å². The number of rotatable bonds is 12. The second-order valence-electron chi connectivity index (χ2n) is 8.66. The van der Waals surface area contributed by atoms with E-state index in [1.165, 1.54) is 0 Å². The Labute approximate surface area is 247 Å². The number of aryl methyl sites for hydroxylation is 2. The van der Waals surface area contributed by atoms with Crippen LogP contribution in [0.25, 0.3) is 0 Å². The maximum Gasteiger partial charge on any atom is 0.169 e. The summed E-state index contributed by atoms with van der Waals surface area (Å²) in [5.74, 6) is 0. The molecular formula is C29H26Cl4N4O2+2. The van der Waals surface area contributed by atoms with Gasteiger partial charge in [-0.15, -0.1) is 0 Å². The summed E-state index contributed by atoms with van der Waals surface area (Å²) in [5.41, 5.74) is 3.62. The molecule has 0 saturated carbocycles. The van der Waals surface area contributed by atoms with Crippen LogP contribution in [0.5, 0.6) is 0 Å². The minimum absolute atomic E-state index is 0.294. The molecule has 0 bridgehead atoms. The zero-order valence-electron chi connectivity index (χ0n) is 20.9. The van der Waals surface area contributed by atoms with E-state index in [0.717, 1.165) is 41.8 Å². The fourth-order valence-electron chi connectivity index (χ4n) is 3.65. The predicted octanol–water partition coefficient (Wildman–Crippen LogP) is 7.07. The van der Waals surface area contributed by atoms with Gasteiger partial charge in [-0.3, -0.25) is 0 Å². The average Bonchev–Trinajstić information content (AvgIpc) is 2.90. The van der Waals surface area contributed by atoms with Crippen LogP contribution in [0.2, 0.25) is 20.1 Å². The Bertz CT molecular complexity index is 1280. The van der Waals surface area contributed by atoms with Crippen molar-refractivity contribution in [2.24, 2.45) is 10.3 Å². The molecule has 10 heteroatoms. The summed E-state index contributed by atoms with van der Waals surface area (Å²) in [6.45, 7) is 2.37. The van der Waals surface area contributed by atoms with Crippen LogP contribution >= 0.6 is 46.4 Å². The minimum atomic E-state index is 0.294. The first-order chi connectivity index (χ1) is 18.9. The lowest BCUT2D eigenvalue weighted by Gasteiger charge is -2.02. The highest BCUT2D eigenvalue weighted by Gasteiger charge is 2.05. The molecule has 0 saturated heterocycles. The summed E-state index contributed by atoms with van der Waals surface area (Å²) in [5, 5.41) is 10.3. The molecule has 0 fully saturated rings. The standard InChI is InChI=1S/C29H26Cl4N4O2/c30-26-12-24(13-27(31)16-26)20-38-34-18-22-2-8-36(9-3-22)6-1-7-37-10-4-23(5-11-37)19-35-39-21-25-14-28(32)17-29(33)15-25/h2-5,8-19H,1,6-7,20-21H2/q+2/b34-18+,35-19+. The van der Waals surface area contributed by atoms with Gasteiger partial charge < -0.3 is 9.68 Å². The normalized spacial score (nSPS) is 11.4. The number of hydrogen-bond acceptors (Lipinski definition) is 4. The van der Waals surface area contributed by atoms with Gasteiger partial charge >= 0.3 is 0 Å². The largest absolute Gasteiger partial charge is 0.391 e. The van der Waals surface area contributed by atoms with E-state index in [2.05, 4.69) is 19.4 Å². The topological polar surface area (TPSA) is 50.9 Å². The van der Waals surface area contributed by atoms with E-state index in [4.69, 9.17) is 56.1 Å². The molecule has 0 aliphatic rings. The van der Waals surface area contributed by atoms with Gasteiger partial charge in [-0.1, -0.05) is 56.7 Å². The van der Waals surface area contributed by atoms with E-state index in [1.807, 2.05) is 49.1 Å². The molecule has 6 nitrogen and oxygen atoms in total. The van der Waals surface area contributed by atoms with Crippen LogP contribution in [0.3, 0.4) is 0 Å². The molecule has 0 unspecified atom stereocenters. The lowest BCUT2D eigenvalue weighted by molar-refractivity contribution is -0.726. The Hall–Kier alpha value is -3.16. The number of halogens is 4. The Kier molecular flexibility index (Phi) is 11.0. The average molecular weight is 604 g/mol. The summed E-state index contributed by atoms with van der Waals surface area (Å²) in [7, 11) is 0. The van der Waals surface area contributed by atoms with Crippen LogP contribution < -0.4 is 9.13 Å². The number of oxime groups is 2. The van der Waals surface area contributed by atoms with Crippen LogP contribution in [0.4, 0.5) is 0 Å². The number of benzene rings is 2. The van der Waals surface area contributed by atoms with Gasteiger partial charge in [-0.05, 0) is 47.5 Å². The van der Waals surface area contributed by atoms with Crippen LogP contribution in [0.1, 0.15) is 28.7 Å². The summed E-state index contributed by atoms with van der Waals surface area (Å²) in [4.78, 5) is 10.7. The molecule has 39 heavy (non-hydrogen) atoms. The first-order valence-electron chi connectivity index (χ1n) is 12.1. The monoisotopic (exact) mass is 602 g/mol. The van der Waals surface area contributed by atoms with E-state index >= 15 is 0 Å². The zero-order valence-corrected chi connectivity index (χ0v) is 23.9. The number of hydrogen-bond donors (Lipinski definition) is 0. The maximum atomic E-state index is 6.00. The Balaban J connectivity index is 1.15. The van der Waals surface area contributed by atoms with Crippen LogP contribution in [0, 0.1) is 0 Å². The molecule has 2 heterocycles. The Morgan fingerprint density at radius 2 is 0.923 bits per heavy atom. The first kappa shape index (κ1) is 28.8. The summed E-state index contributed by atoms with van der Waals surface area (Å²) >= 11 is 24.0. The molecule has 4 rings (SSSR count). The zero-order chi connectivity index (χ0) is 27.5. The van der Waals surface area contributed by atoms with Gasteiger partial charge in [0, 0.05) is 55.5 Å². The molecule has 0 aliphatic heterocycles. The Morgan fingerprint density at radius 3 is 1.28 bits per heavy atom. The molecule has 0 aliphatic carbocycles. The SMILES string of the molecule is Clc1cc(Cl)cc(CO/N=C/c2cc[n+](CCC[n+]3ccc(/C=N/OCc4cc(Cl)cc(Cl)c4)cc3)cc2)c1. The summed E-state index contributed by atoms with van der Waals surface area (Å²) in [6.07, 6.45) is 12.4. The molecule has 2 aromatic carbocycles. The molecule has 200 valence electrons. The lowest BCUT2D eigenvalue weighted by atomic mass is 10.2. The fourth-order valence-corrected chi connectivity index (χ4v) is 4.79. The van der Waals surface area contributed by atoms with E-state index in [-0.39, 0.29) is 0 Å². The van der Waals surface area contributed by atoms with Crippen molar-refractivity contribution in [3.05, 3.63) is 128 Å². The second-order valence-corrected chi connectivity index (χ2v) is 10.4. The van der Waals surface area contributed by atoms with Crippen molar-refractivity contribution in [2.75, 3.05) is 0 Å². The van der Waals surface area contributed by atoms with Crippen molar-refractivity contribution in [3.63, 3.8) is 0 Å². The molecular weight excluding hydrogens is 578 g/mol.